The lowest BCUT2D eigenvalue weighted by molar-refractivity contribution is -0.205. The minimum atomic E-state index is -5.29. The quantitative estimate of drug-likeness (QED) is 0.335. The maximum atomic E-state index is 12.9. The number of Topliss-reactive ketones (excluding diaryl/α,β-unsaturated/α-hetero) is 1. The Hall–Kier alpha value is -2.66. The second-order valence-corrected chi connectivity index (χ2v) is 9.96. The molecule has 1 aliphatic rings. The number of alkyl halides is 3. The zero-order valence-corrected chi connectivity index (χ0v) is 22.2. The molecule has 0 saturated carbocycles. The zero-order valence-electron chi connectivity index (χ0n) is 20.7. The standard InChI is InChI=1S/C26H27Cl2F3N2O5/c1-15(2)22(34)17-4-6-18(7-5-17)23(38-25(36)26(29,30)31)24(35)32-12-19-14-33(9-10-37-19)13-16-3-8-20(27)21(28)11-16/h3-8,11,15,19,23H,9-10,12-14H2,1-2H3,(H,32,35). The lowest BCUT2D eigenvalue weighted by Crippen LogP contribution is -2.48. The van der Waals surface area contributed by atoms with Crippen LogP contribution in [0.5, 0.6) is 0 Å². The van der Waals surface area contributed by atoms with E-state index in [0.29, 0.717) is 41.8 Å². The normalized spacial score (nSPS) is 17.2. The lowest BCUT2D eigenvalue weighted by Gasteiger charge is -2.33. The summed E-state index contributed by atoms with van der Waals surface area (Å²) >= 11 is 12.0. The topological polar surface area (TPSA) is 84.9 Å². The Morgan fingerprint density at radius 2 is 1.79 bits per heavy atom. The molecule has 1 fully saturated rings. The summed E-state index contributed by atoms with van der Waals surface area (Å²) < 4.78 is 48.9. The van der Waals surface area contributed by atoms with Crippen LogP contribution in [0.15, 0.2) is 42.5 Å². The number of halogens is 5. The van der Waals surface area contributed by atoms with Gasteiger partial charge in [0.05, 0.1) is 22.8 Å². The number of carbonyl (C=O) groups excluding carboxylic acids is 3. The lowest BCUT2D eigenvalue weighted by atomic mass is 9.98. The number of nitrogens with one attached hydrogen (secondary N) is 1. The highest BCUT2D eigenvalue weighted by Gasteiger charge is 2.43. The summed E-state index contributed by atoms with van der Waals surface area (Å²) in [6.45, 7) is 5.36. The van der Waals surface area contributed by atoms with Crippen molar-refractivity contribution in [1.29, 1.82) is 0 Å². The van der Waals surface area contributed by atoms with Crippen LogP contribution in [0.2, 0.25) is 10.0 Å². The predicted molar refractivity (Wildman–Crippen MR) is 135 cm³/mol. The molecular weight excluding hydrogens is 548 g/mol. The molecule has 0 aliphatic carbocycles. The number of rotatable bonds is 9. The van der Waals surface area contributed by atoms with Crippen LogP contribution in [0.4, 0.5) is 13.2 Å². The molecule has 0 aromatic heterocycles. The number of esters is 1. The van der Waals surface area contributed by atoms with E-state index in [1.54, 1.807) is 26.0 Å². The number of carbonyl (C=O) groups is 3. The van der Waals surface area contributed by atoms with Gasteiger partial charge in [0.1, 0.15) is 0 Å². The van der Waals surface area contributed by atoms with E-state index in [4.69, 9.17) is 27.9 Å². The molecule has 0 spiro atoms. The van der Waals surface area contributed by atoms with Gasteiger partial charge >= 0.3 is 12.1 Å². The van der Waals surface area contributed by atoms with E-state index >= 15 is 0 Å². The molecule has 1 heterocycles. The van der Waals surface area contributed by atoms with Crippen LogP contribution < -0.4 is 5.32 Å². The molecule has 2 unspecified atom stereocenters. The first-order chi connectivity index (χ1) is 17.8. The van der Waals surface area contributed by atoms with Gasteiger partial charge in [-0.2, -0.15) is 13.2 Å². The molecule has 1 aliphatic heterocycles. The molecule has 1 saturated heterocycles. The first kappa shape index (κ1) is 29.9. The van der Waals surface area contributed by atoms with Crippen LogP contribution >= 0.6 is 23.2 Å². The summed E-state index contributed by atoms with van der Waals surface area (Å²) in [5.74, 6) is -3.92. The Balaban J connectivity index is 1.66. The number of hydrogen-bond donors (Lipinski definition) is 1. The Labute approximate surface area is 228 Å². The summed E-state index contributed by atoms with van der Waals surface area (Å²) in [6.07, 6.45) is -7.62. The highest BCUT2D eigenvalue weighted by molar-refractivity contribution is 6.42. The molecule has 38 heavy (non-hydrogen) atoms. The van der Waals surface area contributed by atoms with E-state index in [1.807, 2.05) is 6.07 Å². The van der Waals surface area contributed by atoms with Gasteiger partial charge in [-0.25, -0.2) is 4.79 Å². The van der Waals surface area contributed by atoms with Crippen molar-refractivity contribution < 1.29 is 37.0 Å². The highest BCUT2D eigenvalue weighted by Crippen LogP contribution is 2.26. The van der Waals surface area contributed by atoms with Gasteiger partial charge in [0, 0.05) is 43.2 Å². The minimum absolute atomic E-state index is 0.00814. The van der Waals surface area contributed by atoms with Crippen molar-refractivity contribution in [2.24, 2.45) is 5.92 Å². The molecule has 0 radical (unpaired) electrons. The van der Waals surface area contributed by atoms with Crippen LogP contribution in [-0.2, 0) is 25.6 Å². The largest absolute Gasteiger partial charge is 0.490 e. The fraction of sp³-hybridized carbons (Fsp3) is 0.423. The summed E-state index contributed by atoms with van der Waals surface area (Å²) in [6, 6.07) is 10.6. The second kappa shape index (κ2) is 12.9. The van der Waals surface area contributed by atoms with Crippen molar-refractivity contribution in [1.82, 2.24) is 10.2 Å². The van der Waals surface area contributed by atoms with Gasteiger partial charge in [-0.15, -0.1) is 0 Å². The van der Waals surface area contributed by atoms with Gasteiger partial charge in [0.15, 0.2) is 5.78 Å². The van der Waals surface area contributed by atoms with Gasteiger partial charge in [0.25, 0.3) is 5.91 Å². The number of morpholine rings is 1. The van der Waals surface area contributed by atoms with Crippen molar-refractivity contribution in [3.8, 4) is 0 Å². The molecular formula is C26H27Cl2F3N2O5. The minimum Gasteiger partial charge on any atom is -0.441 e. The number of amides is 1. The van der Waals surface area contributed by atoms with Gasteiger partial charge in [-0.05, 0) is 17.7 Å². The molecule has 1 amide bonds. The van der Waals surface area contributed by atoms with E-state index < -0.39 is 30.3 Å². The van der Waals surface area contributed by atoms with Crippen LogP contribution in [-0.4, -0.2) is 61.1 Å². The van der Waals surface area contributed by atoms with Gasteiger partial charge in [-0.1, -0.05) is 67.4 Å². The van der Waals surface area contributed by atoms with Crippen molar-refractivity contribution in [2.75, 3.05) is 26.2 Å². The molecule has 2 aromatic carbocycles. The smallest absolute Gasteiger partial charge is 0.441 e. The van der Waals surface area contributed by atoms with Crippen molar-refractivity contribution >= 4 is 40.9 Å². The molecule has 3 rings (SSSR count). The van der Waals surface area contributed by atoms with Crippen LogP contribution in [0.3, 0.4) is 0 Å². The van der Waals surface area contributed by atoms with Crippen molar-refractivity contribution in [3.63, 3.8) is 0 Å². The van der Waals surface area contributed by atoms with Crippen LogP contribution in [0.25, 0.3) is 0 Å². The summed E-state index contributed by atoms with van der Waals surface area (Å²) in [7, 11) is 0. The SMILES string of the molecule is CC(C)C(=O)c1ccc(C(OC(=O)C(F)(F)F)C(=O)NCC2CN(Cc3ccc(Cl)c(Cl)c3)CCO2)cc1. The number of ketones is 1. The maximum Gasteiger partial charge on any atom is 0.490 e. The first-order valence-electron chi connectivity index (χ1n) is 11.8. The average Bonchev–Trinajstić information content (AvgIpc) is 2.87. The fourth-order valence-corrected chi connectivity index (χ4v) is 4.17. The number of benzene rings is 2. The van der Waals surface area contributed by atoms with E-state index in [2.05, 4.69) is 15.0 Å². The molecule has 12 heteroatoms. The molecule has 0 bridgehead atoms. The van der Waals surface area contributed by atoms with Crippen LogP contribution in [0, 0.1) is 5.92 Å². The highest BCUT2D eigenvalue weighted by atomic mass is 35.5. The first-order valence-corrected chi connectivity index (χ1v) is 12.6. The molecule has 206 valence electrons. The summed E-state index contributed by atoms with van der Waals surface area (Å²) in [5.41, 5.74) is 1.25. The Morgan fingerprint density at radius 1 is 1.11 bits per heavy atom. The molecule has 2 atom stereocenters. The zero-order chi connectivity index (χ0) is 28.0. The third kappa shape index (κ3) is 8.17. The number of ether oxygens (including phenoxy) is 2. The van der Waals surface area contributed by atoms with Crippen LogP contribution in [0.1, 0.15) is 41.4 Å². The molecule has 7 nitrogen and oxygen atoms in total. The van der Waals surface area contributed by atoms with E-state index in [0.717, 1.165) is 5.56 Å². The van der Waals surface area contributed by atoms with Gasteiger partial charge in [0.2, 0.25) is 6.10 Å². The Kier molecular flexibility index (Phi) is 10.2. The van der Waals surface area contributed by atoms with E-state index in [9.17, 15) is 27.6 Å². The van der Waals surface area contributed by atoms with Gasteiger partial charge in [-0.3, -0.25) is 14.5 Å². The third-order valence-corrected chi connectivity index (χ3v) is 6.57. The van der Waals surface area contributed by atoms with Crippen molar-refractivity contribution in [3.05, 3.63) is 69.2 Å². The Bertz CT molecular complexity index is 1160. The Morgan fingerprint density at radius 3 is 2.39 bits per heavy atom. The predicted octanol–water partition coefficient (Wildman–Crippen LogP) is 5.00. The monoisotopic (exact) mass is 574 g/mol. The van der Waals surface area contributed by atoms with E-state index in [1.165, 1.54) is 24.3 Å². The number of hydrogen-bond acceptors (Lipinski definition) is 6. The average molecular weight is 575 g/mol. The second-order valence-electron chi connectivity index (χ2n) is 9.15. The third-order valence-electron chi connectivity index (χ3n) is 5.83. The van der Waals surface area contributed by atoms with Crippen molar-refractivity contribution in [2.45, 2.75) is 38.8 Å². The van der Waals surface area contributed by atoms with Gasteiger partial charge < -0.3 is 14.8 Å². The maximum absolute atomic E-state index is 12.9. The molecule has 1 N–H and O–H groups in total. The van der Waals surface area contributed by atoms with E-state index in [-0.39, 0.29) is 23.8 Å². The summed E-state index contributed by atoms with van der Waals surface area (Å²) in [5, 5.41) is 3.40. The fourth-order valence-electron chi connectivity index (χ4n) is 3.85. The number of nitrogens with zero attached hydrogens (tertiary/aromatic N) is 1. The summed E-state index contributed by atoms with van der Waals surface area (Å²) in [4.78, 5) is 38.7. The molecule has 2 aromatic rings.